The number of thiazole rings is 1. The molecule has 0 bridgehead atoms. The number of fused-ring (bicyclic) bond motifs is 2. The van der Waals surface area contributed by atoms with Gasteiger partial charge in [0, 0.05) is 63.5 Å². The molecular weight excluding hydrogens is 815 g/mol. The lowest BCUT2D eigenvalue weighted by atomic mass is 10.1. The first-order chi connectivity index (χ1) is 29.9. The Bertz CT molecular complexity index is 2690. The number of nitrogens with two attached hydrogens (primary N) is 2. The Morgan fingerprint density at radius 2 is 1.44 bits per heavy atom. The van der Waals surface area contributed by atoms with Crippen molar-refractivity contribution in [3.05, 3.63) is 80.6 Å². The zero-order chi connectivity index (χ0) is 44.1. The van der Waals surface area contributed by atoms with Crippen LogP contribution in [0.25, 0.3) is 22.1 Å². The van der Waals surface area contributed by atoms with Crippen LogP contribution in [0.4, 0.5) is 11.9 Å². The van der Waals surface area contributed by atoms with Crippen molar-refractivity contribution < 1.29 is 28.7 Å². The van der Waals surface area contributed by atoms with Crippen LogP contribution in [0.3, 0.4) is 0 Å². The van der Waals surface area contributed by atoms with Crippen molar-refractivity contribution >= 4 is 68.9 Å². The first-order valence-electron chi connectivity index (χ1n) is 20.4. The second kappa shape index (κ2) is 19.0. The maximum atomic E-state index is 13.8. The summed E-state index contributed by atoms with van der Waals surface area (Å²) in [5.74, 6) is -0.966. The van der Waals surface area contributed by atoms with Crippen molar-refractivity contribution in [2.45, 2.75) is 60.2 Å². The molecule has 5 heterocycles. The number of hydrogen-bond donors (Lipinski definition) is 5. The molecule has 20 heteroatoms. The van der Waals surface area contributed by atoms with E-state index in [1.165, 1.54) is 24.5 Å². The zero-order valence-electron chi connectivity index (χ0n) is 35.4. The van der Waals surface area contributed by atoms with Crippen molar-refractivity contribution in [3.63, 3.8) is 0 Å². The van der Waals surface area contributed by atoms with E-state index in [9.17, 15) is 19.2 Å². The summed E-state index contributed by atoms with van der Waals surface area (Å²) in [6, 6.07) is 7.97. The number of rotatable bonds is 18. The molecule has 0 saturated carbocycles. The van der Waals surface area contributed by atoms with Gasteiger partial charge in [0.15, 0.2) is 0 Å². The highest BCUT2D eigenvalue weighted by molar-refractivity contribution is 7.13. The molecule has 0 radical (unpaired) electrons. The van der Waals surface area contributed by atoms with Gasteiger partial charge in [-0.05, 0) is 63.9 Å². The Hall–Kier alpha value is -6.64. The first-order valence-corrected chi connectivity index (χ1v) is 21.3. The minimum Gasteiger partial charge on any atom is -0.494 e. The highest BCUT2D eigenvalue weighted by Gasteiger charge is 2.24. The Morgan fingerprint density at radius 3 is 2.02 bits per heavy atom. The van der Waals surface area contributed by atoms with Gasteiger partial charge in [-0.3, -0.25) is 34.5 Å². The van der Waals surface area contributed by atoms with Crippen LogP contribution in [0.5, 0.6) is 11.5 Å². The molecule has 7 rings (SSSR count). The smallest absolute Gasteiger partial charge is 0.276 e. The molecule has 62 heavy (non-hydrogen) atoms. The molecule has 2 aromatic carbocycles. The third-order valence-electron chi connectivity index (χ3n) is 10.5. The van der Waals surface area contributed by atoms with Gasteiger partial charge in [-0.1, -0.05) is 19.1 Å². The number of methoxy groups -OCH3 is 1. The quantitative estimate of drug-likeness (QED) is 0.0611. The summed E-state index contributed by atoms with van der Waals surface area (Å²) in [4.78, 5) is 69.2. The number of piperazine rings is 1. The number of aryl methyl sites for hydroxylation is 4. The van der Waals surface area contributed by atoms with E-state index in [4.69, 9.17) is 30.9 Å². The number of ether oxygens (including phenoxy) is 2. The van der Waals surface area contributed by atoms with Crippen molar-refractivity contribution in [2.75, 3.05) is 57.1 Å². The molecule has 1 fully saturated rings. The third-order valence-corrected chi connectivity index (χ3v) is 11.5. The van der Waals surface area contributed by atoms with Crippen LogP contribution in [0.2, 0.25) is 0 Å². The fourth-order valence-electron chi connectivity index (χ4n) is 7.50. The fourth-order valence-corrected chi connectivity index (χ4v) is 8.40. The van der Waals surface area contributed by atoms with Gasteiger partial charge in [-0.15, -0.1) is 11.3 Å². The molecule has 0 aliphatic carbocycles. The fraction of sp³-hybridized carbons (Fsp3) is 0.381. The van der Waals surface area contributed by atoms with E-state index in [0.717, 1.165) is 44.2 Å². The highest BCUT2D eigenvalue weighted by atomic mass is 32.1. The van der Waals surface area contributed by atoms with Crippen molar-refractivity contribution in [3.8, 4) is 11.5 Å². The largest absolute Gasteiger partial charge is 0.494 e. The Morgan fingerprint density at radius 1 is 0.839 bits per heavy atom. The normalized spacial score (nSPS) is 13.3. The molecule has 4 amide bonds. The summed E-state index contributed by atoms with van der Waals surface area (Å²) in [6.07, 6.45) is 5.05. The molecule has 7 N–H and O–H groups in total. The summed E-state index contributed by atoms with van der Waals surface area (Å²) < 4.78 is 17.3. The van der Waals surface area contributed by atoms with Gasteiger partial charge >= 0.3 is 0 Å². The van der Waals surface area contributed by atoms with Crippen LogP contribution in [0, 0.1) is 13.8 Å². The molecule has 19 nitrogen and oxygen atoms in total. The Kier molecular flexibility index (Phi) is 13.3. The van der Waals surface area contributed by atoms with E-state index >= 15 is 0 Å². The molecule has 6 aromatic rings. The number of carbonyl (C=O) groups excluding carboxylic acids is 4. The number of aromatic nitrogens is 7. The van der Waals surface area contributed by atoms with Gasteiger partial charge in [0.1, 0.15) is 33.1 Å². The van der Waals surface area contributed by atoms with Gasteiger partial charge in [0.2, 0.25) is 23.7 Å². The van der Waals surface area contributed by atoms with E-state index in [2.05, 4.69) is 30.9 Å². The molecule has 4 aromatic heterocycles. The first kappa shape index (κ1) is 43.4. The lowest BCUT2D eigenvalue weighted by Crippen LogP contribution is -2.43. The minimum atomic E-state index is -0.659. The molecule has 0 atom stereocenters. The number of nitrogens with one attached hydrogen (secondary N) is 3. The minimum absolute atomic E-state index is 0.183. The lowest BCUT2D eigenvalue weighted by Gasteiger charge is -2.27. The van der Waals surface area contributed by atoms with Crippen LogP contribution in [0.1, 0.15) is 77.5 Å². The van der Waals surface area contributed by atoms with Crippen LogP contribution < -0.4 is 36.9 Å². The van der Waals surface area contributed by atoms with Gasteiger partial charge in [-0.25, -0.2) is 15.0 Å². The summed E-state index contributed by atoms with van der Waals surface area (Å²) in [5.41, 5.74) is 15.4. The van der Waals surface area contributed by atoms with E-state index in [0.29, 0.717) is 75.1 Å². The maximum absolute atomic E-state index is 13.8. The lowest BCUT2D eigenvalue weighted by molar-refractivity contribution is 0.0991. The predicted octanol–water partition coefficient (Wildman–Crippen LogP) is 3.88. The monoisotopic (exact) mass is 865 g/mol. The van der Waals surface area contributed by atoms with Crippen LogP contribution in [-0.4, -0.2) is 109 Å². The van der Waals surface area contributed by atoms with Crippen molar-refractivity contribution in [1.29, 1.82) is 0 Å². The van der Waals surface area contributed by atoms with Gasteiger partial charge < -0.3 is 40.3 Å². The molecule has 1 aliphatic rings. The SMILES string of the molecule is CCc1nc(C)sc1C(=O)Nc1nc2cc(C(N)=O)cc(OC)c2n1C/C=C/Cn1c(NC(=O)c2cc(C)nn2CC)nc2cc(C(N)=O)cc(OCCCN3CCNCC3)c21. The number of anilines is 2. The van der Waals surface area contributed by atoms with Gasteiger partial charge in [0.05, 0.1) is 41.1 Å². The molecule has 1 saturated heterocycles. The number of amides is 4. The number of imidazole rings is 2. The Balaban J connectivity index is 1.25. The third kappa shape index (κ3) is 9.31. The van der Waals surface area contributed by atoms with Crippen LogP contribution in [0.15, 0.2) is 42.5 Å². The maximum Gasteiger partial charge on any atom is 0.276 e. The average Bonchev–Trinajstić information content (AvgIpc) is 4.03. The predicted molar refractivity (Wildman–Crippen MR) is 236 cm³/mol. The number of allylic oxidation sites excluding steroid dienone is 2. The summed E-state index contributed by atoms with van der Waals surface area (Å²) in [7, 11) is 1.47. The van der Waals surface area contributed by atoms with Crippen LogP contribution >= 0.6 is 11.3 Å². The summed E-state index contributed by atoms with van der Waals surface area (Å²) in [5, 5.41) is 14.5. The molecular formula is C42H51N13O6S. The number of primary amides is 2. The summed E-state index contributed by atoms with van der Waals surface area (Å²) >= 11 is 1.29. The van der Waals surface area contributed by atoms with Gasteiger partial charge in [-0.2, -0.15) is 5.10 Å². The van der Waals surface area contributed by atoms with E-state index in [1.54, 1.807) is 38.1 Å². The zero-order valence-corrected chi connectivity index (χ0v) is 36.2. The number of hydrogen-bond acceptors (Lipinski definition) is 13. The molecule has 0 spiro atoms. The average molecular weight is 866 g/mol. The summed E-state index contributed by atoms with van der Waals surface area (Å²) in [6.45, 7) is 13.3. The molecule has 0 unspecified atom stereocenters. The standard InChI is InChI=1S/C42H51N13O6S/c1-6-28-36(62-25(4)46-28)40(59)50-42-47-29-20-26(37(43)56)22-32(60-5)34(29)53(42)14-8-9-15-54-35-30(48-41(54)49-39(58)31-19-24(3)51-55(31)7-2)21-27(38(44)57)23-33(35)61-18-10-13-52-16-11-45-12-17-52/h8-9,19-23,45H,6-7,10-18H2,1-5H3,(H2,43,56)(H2,44,57)(H,47,50,59)(H,48,49,58)/b9-8+. The number of benzene rings is 2. The molecule has 326 valence electrons. The number of nitrogens with zero attached hydrogens (tertiary/aromatic N) is 8. The van der Waals surface area contributed by atoms with E-state index in [-0.39, 0.29) is 42.0 Å². The van der Waals surface area contributed by atoms with Crippen molar-refractivity contribution in [1.82, 2.24) is 44.1 Å². The topological polar surface area (TPSA) is 244 Å². The molecule has 1 aliphatic heterocycles. The van der Waals surface area contributed by atoms with Gasteiger partial charge in [0.25, 0.3) is 11.8 Å². The highest BCUT2D eigenvalue weighted by Crippen LogP contribution is 2.33. The number of carbonyl (C=O) groups is 4. The van der Waals surface area contributed by atoms with E-state index < -0.39 is 17.7 Å². The van der Waals surface area contributed by atoms with Crippen LogP contribution in [-0.2, 0) is 26.1 Å². The Labute approximate surface area is 361 Å². The van der Waals surface area contributed by atoms with Crippen molar-refractivity contribution in [2.24, 2.45) is 11.5 Å². The second-order valence-electron chi connectivity index (χ2n) is 14.7. The second-order valence-corrected chi connectivity index (χ2v) is 15.9. The van der Waals surface area contributed by atoms with E-state index in [1.807, 2.05) is 39.8 Å².